The molecule has 1 saturated carbocycles. The Morgan fingerprint density at radius 2 is 1.77 bits per heavy atom. The van der Waals surface area contributed by atoms with Crippen LogP contribution in [0.2, 0.25) is 0 Å². The first-order valence-corrected chi connectivity index (χ1v) is 8.21. The van der Waals surface area contributed by atoms with Gasteiger partial charge < -0.3 is 15.4 Å². The second-order valence-electron chi connectivity index (χ2n) is 7.11. The molecule has 122 valence electrons. The molecule has 1 amide bonds. The average Bonchev–Trinajstić information content (AvgIpc) is 2.46. The molecule has 0 atom stereocenters. The Morgan fingerprint density at radius 3 is 2.36 bits per heavy atom. The molecule has 22 heavy (non-hydrogen) atoms. The van der Waals surface area contributed by atoms with E-state index >= 15 is 0 Å². The molecule has 2 N–H and O–H groups in total. The van der Waals surface area contributed by atoms with Crippen LogP contribution in [0, 0.1) is 5.92 Å². The van der Waals surface area contributed by atoms with Crippen molar-refractivity contribution in [2.45, 2.75) is 58.1 Å². The zero-order valence-corrected chi connectivity index (χ0v) is 13.9. The molecule has 0 heterocycles. The Labute approximate surface area is 133 Å². The van der Waals surface area contributed by atoms with Crippen molar-refractivity contribution in [1.82, 2.24) is 5.32 Å². The molecule has 1 fully saturated rings. The number of carbonyl (C=O) groups is 1. The second kappa shape index (κ2) is 7.52. The molecule has 1 aliphatic carbocycles. The molecule has 0 spiro atoms. The molecule has 0 unspecified atom stereocenters. The van der Waals surface area contributed by atoms with Crippen LogP contribution in [0.25, 0.3) is 0 Å². The summed E-state index contributed by atoms with van der Waals surface area (Å²) in [6.07, 6.45) is 4.27. The summed E-state index contributed by atoms with van der Waals surface area (Å²) in [4.78, 5) is 11.7. The normalized spacial score (nSPS) is 22.0. The van der Waals surface area contributed by atoms with Crippen molar-refractivity contribution in [3.05, 3.63) is 30.3 Å². The van der Waals surface area contributed by atoms with Crippen LogP contribution in [0.15, 0.2) is 30.3 Å². The van der Waals surface area contributed by atoms with E-state index in [2.05, 4.69) is 34.9 Å². The summed E-state index contributed by atoms with van der Waals surface area (Å²) in [5, 5.41) is 6.48. The minimum Gasteiger partial charge on any atom is -0.444 e. The molecule has 0 aliphatic heterocycles. The lowest BCUT2D eigenvalue weighted by Gasteiger charge is -2.30. The lowest BCUT2D eigenvalue weighted by molar-refractivity contribution is 0.0515. The van der Waals surface area contributed by atoms with Crippen LogP contribution in [0.4, 0.5) is 10.5 Å². The van der Waals surface area contributed by atoms with Crippen molar-refractivity contribution in [3.8, 4) is 0 Å². The summed E-state index contributed by atoms with van der Waals surface area (Å²) in [7, 11) is 0. The highest BCUT2D eigenvalue weighted by Crippen LogP contribution is 2.26. The number of rotatable bonds is 4. The molecule has 4 heteroatoms. The zero-order valence-electron chi connectivity index (χ0n) is 13.9. The van der Waals surface area contributed by atoms with Crippen LogP contribution in [0.5, 0.6) is 0 Å². The number of benzene rings is 1. The first kappa shape index (κ1) is 16.7. The van der Waals surface area contributed by atoms with Gasteiger partial charge in [-0.1, -0.05) is 18.2 Å². The van der Waals surface area contributed by atoms with Gasteiger partial charge in [0.15, 0.2) is 0 Å². The standard InChI is InChI=1S/C18H28N2O2/c1-18(2,3)22-17(21)19-13-14-9-11-16(12-10-14)20-15-7-5-4-6-8-15/h4-8,14,16,20H,9-13H2,1-3H3,(H,19,21). The van der Waals surface area contributed by atoms with E-state index in [-0.39, 0.29) is 6.09 Å². The Kier molecular flexibility index (Phi) is 5.69. The topological polar surface area (TPSA) is 50.4 Å². The number of hydrogen-bond acceptors (Lipinski definition) is 3. The Balaban J connectivity index is 1.66. The largest absolute Gasteiger partial charge is 0.444 e. The highest BCUT2D eigenvalue weighted by atomic mass is 16.6. The number of nitrogens with one attached hydrogen (secondary N) is 2. The first-order chi connectivity index (χ1) is 10.4. The van der Waals surface area contributed by atoms with Crippen LogP contribution >= 0.6 is 0 Å². The predicted octanol–water partition coefficient (Wildman–Crippen LogP) is 4.18. The minimum atomic E-state index is -0.429. The van der Waals surface area contributed by atoms with Crippen molar-refractivity contribution in [3.63, 3.8) is 0 Å². The molecule has 1 aromatic carbocycles. The fourth-order valence-electron chi connectivity index (χ4n) is 2.82. The van der Waals surface area contributed by atoms with E-state index in [4.69, 9.17) is 4.74 Å². The van der Waals surface area contributed by atoms with Gasteiger partial charge in [0, 0.05) is 18.3 Å². The van der Waals surface area contributed by atoms with Crippen LogP contribution in [-0.4, -0.2) is 24.3 Å². The molecule has 0 aromatic heterocycles. The highest BCUT2D eigenvalue weighted by molar-refractivity contribution is 5.67. The van der Waals surface area contributed by atoms with Crippen molar-refractivity contribution < 1.29 is 9.53 Å². The Hall–Kier alpha value is -1.71. The number of carbonyl (C=O) groups excluding carboxylic acids is 1. The molecule has 1 aromatic rings. The van der Waals surface area contributed by atoms with Crippen molar-refractivity contribution >= 4 is 11.8 Å². The lowest BCUT2D eigenvalue weighted by atomic mass is 9.86. The number of amides is 1. The summed E-state index contributed by atoms with van der Waals surface area (Å²) in [5.74, 6) is 0.557. The number of hydrogen-bond donors (Lipinski definition) is 2. The van der Waals surface area contributed by atoms with Gasteiger partial charge in [0.25, 0.3) is 0 Å². The Bertz CT molecular complexity index is 460. The van der Waals surface area contributed by atoms with Crippen LogP contribution in [-0.2, 0) is 4.74 Å². The van der Waals surface area contributed by atoms with Gasteiger partial charge in [-0.15, -0.1) is 0 Å². The minimum absolute atomic E-state index is 0.308. The summed E-state index contributed by atoms with van der Waals surface area (Å²) < 4.78 is 5.27. The SMILES string of the molecule is CC(C)(C)OC(=O)NCC1CCC(Nc2ccccc2)CC1. The van der Waals surface area contributed by atoms with Gasteiger partial charge in [-0.05, 0) is 64.5 Å². The van der Waals surface area contributed by atoms with Crippen LogP contribution < -0.4 is 10.6 Å². The van der Waals surface area contributed by atoms with Gasteiger partial charge in [-0.25, -0.2) is 4.79 Å². The van der Waals surface area contributed by atoms with E-state index in [1.54, 1.807) is 0 Å². The molecule has 4 nitrogen and oxygen atoms in total. The number of para-hydroxylation sites is 1. The first-order valence-electron chi connectivity index (χ1n) is 8.21. The summed E-state index contributed by atoms with van der Waals surface area (Å²) >= 11 is 0. The molecule has 1 aliphatic rings. The van der Waals surface area contributed by atoms with Crippen molar-refractivity contribution in [1.29, 1.82) is 0 Å². The van der Waals surface area contributed by atoms with E-state index < -0.39 is 5.60 Å². The molecular formula is C18H28N2O2. The quantitative estimate of drug-likeness (QED) is 0.877. The van der Waals surface area contributed by atoms with E-state index in [1.807, 2.05) is 26.8 Å². The van der Waals surface area contributed by atoms with Gasteiger partial charge in [0.1, 0.15) is 5.60 Å². The average molecular weight is 304 g/mol. The number of alkyl carbamates (subject to hydrolysis) is 1. The summed E-state index contributed by atoms with van der Waals surface area (Å²) in [6, 6.07) is 10.9. The molecule has 0 bridgehead atoms. The van der Waals surface area contributed by atoms with E-state index in [0.717, 1.165) is 25.7 Å². The van der Waals surface area contributed by atoms with Crippen molar-refractivity contribution in [2.24, 2.45) is 5.92 Å². The smallest absolute Gasteiger partial charge is 0.407 e. The third-order valence-corrected chi connectivity index (χ3v) is 3.93. The van der Waals surface area contributed by atoms with Gasteiger partial charge in [0.2, 0.25) is 0 Å². The maximum absolute atomic E-state index is 11.7. The molecule has 0 radical (unpaired) electrons. The monoisotopic (exact) mass is 304 g/mol. The van der Waals surface area contributed by atoms with Gasteiger partial charge in [-0.3, -0.25) is 0 Å². The number of anilines is 1. The van der Waals surface area contributed by atoms with Gasteiger partial charge >= 0.3 is 6.09 Å². The third-order valence-electron chi connectivity index (χ3n) is 3.93. The Morgan fingerprint density at radius 1 is 1.14 bits per heavy atom. The van der Waals surface area contributed by atoms with Gasteiger partial charge in [0.05, 0.1) is 0 Å². The zero-order chi connectivity index (χ0) is 16.0. The van der Waals surface area contributed by atoms with Crippen molar-refractivity contribution in [2.75, 3.05) is 11.9 Å². The molecule has 2 rings (SSSR count). The maximum atomic E-state index is 11.7. The lowest BCUT2D eigenvalue weighted by Crippen LogP contribution is -2.37. The maximum Gasteiger partial charge on any atom is 0.407 e. The summed E-state index contributed by atoms with van der Waals surface area (Å²) in [5.41, 5.74) is 0.763. The van der Waals surface area contributed by atoms with Crippen LogP contribution in [0.3, 0.4) is 0 Å². The fraction of sp³-hybridized carbons (Fsp3) is 0.611. The number of ether oxygens (including phenoxy) is 1. The second-order valence-corrected chi connectivity index (χ2v) is 7.11. The third kappa shape index (κ3) is 5.96. The predicted molar refractivity (Wildman–Crippen MR) is 90.0 cm³/mol. The summed E-state index contributed by atoms with van der Waals surface area (Å²) in [6.45, 7) is 6.36. The van der Waals surface area contributed by atoms with Gasteiger partial charge in [-0.2, -0.15) is 0 Å². The molecule has 0 saturated heterocycles. The highest BCUT2D eigenvalue weighted by Gasteiger charge is 2.22. The van der Waals surface area contributed by atoms with E-state index in [0.29, 0.717) is 18.5 Å². The van der Waals surface area contributed by atoms with Crippen LogP contribution in [0.1, 0.15) is 46.5 Å². The van der Waals surface area contributed by atoms with E-state index in [1.165, 1.54) is 5.69 Å². The molecular weight excluding hydrogens is 276 g/mol. The van der Waals surface area contributed by atoms with E-state index in [9.17, 15) is 4.79 Å². The fourth-order valence-corrected chi connectivity index (χ4v) is 2.82.